The zero-order chi connectivity index (χ0) is 13.1. The maximum absolute atomic E-state index is 12.3. The number of piperidine rings is 1. The number of anilines is 1. The Morgan fingerprint density at radius 1 is 1.50 bits per heavy atom. The molecule has 1 aliphatic heterocycles. The van der Waals surface area contributed by atoms with Gasteiger partial charge >= 0.3 is 0 Å². The summed E-state index contributed by atoms with van der Waals surface area (Å²) in [6.45, 7) is 2.08. The lowest BCUT2D eigenvalue weighted by Crippen LogP contribution is -2.44. The molecule has 5 nitrogen and oxygen atoms in total. The summed E-state index contributed by atoms with van der Waals surface area (Å²) in [7, 11) is 3.98. The molecule has 98 valence electrons. The molecule has 1 amide bonds. The summed E-state index contributed by atoms with van der Waals surface area (Å²) in [5, 5.41) is 0. The fraction of sp³-hybridized carbons (Fsp3) is 0.538. The van der Waals surface area contributed by atoms with E-state index in [0.717, 1.165) is 25.9 Å². The molecule has 1 aromatic heterocycles. The SMILES string of the molecule is CN1CCC(N(C)C(=O)c2ccnc(N)c2)CC1. The Morgan fingerprint density at radius 2 is 2.17 bits per heavy atom. The number of hydrogen-bond donors (Lipinski definition) is 1. The Kier molecular flexibility index (Phi) is 3.81. The van der Waals surface area contributed by atoms with Crippen molar-refractivity contribution in [3.8, 4) is 0 Å². The zero-order valence-corrected chi connectivity index (χ0v) is 11.0. The van der Waals surface area contributed by atoms with E-state index >= 15 is 0 Å². The summed E-state index contributed by atoms with van der Waals surface area (Å²) in [6, 6.07) is 3.67. The van der Waals surface area contributed by atoms with Crippen molar-refractivity contribution >= 4 is 11.7 Å². The molecule has 18 heavy (non-hydrogen) atoms. The Bertz CT molecular complexity index is 427. The highest BCUT2D eigenvalue weighted by atomic mass is 16.2. The second-order valence-electron chi connectivity index (χ2n) is 4.92. The van der Waals surface area contributed by atoms with Crippen LogP contribution in [0.3, 0.4) is 0 Å². The second kappa shape index (κ2) is 5.35. The fourth-order valence-corrected chi connectivity index (χ4v) is 2.33. The molecule has 2 rings (SSSR count). The average Bonchev–Trinajstić information content (AvgIpc) is 2.38. The van der Waals surface area contributed by atoms with E-state index in [1.165, 1.54) is 0 Å². The van der Waals surface area contributed by atoms with Crippen LogP contribution >= 0.6 is 0 Å². The Hall–Kier alpha value is -1.62. The molecule has 0 bridgehead atoms. The van der Waals surface area contributed by atoms with Crippen LogP contribution in [0.15, 0.2) is 18.3 Å². The van der Waals surface area contributed by atoms with Gasteiger partial charge in [0.15, 0.2) is 0 Å². The summed E-state index contributed by atoms with van der Waals surface area (Å²) >= 11 is 0. The van der Waals surface area contributed by atoms with Crippen LogP contribution < -0.4 is 5.73 Å². The van der Waals surface area contributed by atoms with Gasteiger partial charge in [0.1, 0.15) is 5.82 Å². The fourth-order valence-electron chi connectivity index (χ4n) is 2.33. The van der Waals surface area contributed by atoms with Gasteiger partial charge in [-0.25, -0.2) is 4.98 Å². The van der Waals surface area contributed by atoms with Gasteiger partial charge in [-0.1, -0.05) is 0 Å². The molecular formula is C13H20N4O. The van der Waals surface area contributed by atoms with Crippen molar-refractivity contribution in [1.82, 2.24) is 14.8 Å². The Labute approximate surface area is 108 Å². The average molecular weight is 248 g/mol. The maximum atomic E-state index is 12.3. The number of amides is 1. The molecule has 0 aromatic carbocycles. The van der Waals surface area contributed by atoms with Gasteiger partial charge in [-0.2, -0.15) is 0 Å². The molecule has 0 unspecified atom stereocenters. The van der Waals surface area contributed by atoms with Crippen LogP contribution in [0.2, 0.25) is 0 Å². The van der Waals surface area contributed by atoms with Gasteiger partial charge in [0, 0.05) is 24.8 Å². The third kappa shape index (κ3) is 2.79. The molecule has 1 saturated heterocycles. The first-order valence-corrected chi connectivity index (χ1v) is 6.25. The number of carbonyl (C=O) groups is 1. The van der Waals surface area contributed by atoms with Crippen molar-refractivity contribution in [3.05, 3.63) is 23.9 Å². The molecule has 0 radical (unpaired) electrons. The summed E-state index contributed by atoms with van der Waals surface area (Å²) in [5.74, 6) is 0.413. The van der Waals surface area contributed by atoms with E-state index in [1.807, 2.05) is 11.9 Å². The van der Waals surface area contributed by atoms with E-state index in [0.29, 0.717) is 17.4 Å². The lowest BCUT2D eigenvalue weighted by atomic mass is 10.0. The van der Waals surface area contributed by atoms with Gasteiger partial charge in [0.2, 0.25) is 0 Å². The summed E-state index contributed by atoms with van der Waals surface area (Å²) in [4.78, 5) is 20.3. The first kappa shape index (κ1) is 12.8. The van der Waals surface area contributed by atoms with Gasteiger partial charge in [-0.3, -0.25) is 4.79 Å². The first-order valence-electron chi connectivity index (χ1n) is 6.25. The molecule has 0 aliphatic carbocycles. The molecule has 0 atom stereocenters. The summed E-state index contributed by atoms with van der Waals surface area (Å²) in [5.41, 5.74) is 6.22. The lowest BCUT2D eigenvalue weighted by molar-refractivity contribution is 0.0659. The summed E-state index contributed by atoms with van der Waals surface area (Å²) in [6.07, 6.45) is 3.63. The Morgan fingerprint density at radius 3 is 2.78 bits per heavy atom. The van der Waals surface area contributed by atoms with Gasteiger partial charge in [-0.15, -0.1) is 0 Å². The lowest BCUT2D eigenvalue weighted by Gasteiger charge is -2.35. The van der Waals surface area contributed by atoms with E-state index in [9.17, 15) is 4.79 Å². The van der Waals surface area contributed by atoms with E-state index < -0.39 is 0 Å². The molecule has 2 N–H and O–H groups in total. The summed E-state index contributed by atoms with van der Waals surface area (Å²) < 4.78 is 0. The normalized spacial score (nSPS) is 17.7. The molecule has 0 spiro atoms. The third-order valence-electron chi connectivity index (χ3n) is 3.58. The highest BCUT2D eigenvalue weighted by Gasteiger charge is 2.24. The second-order valence-corrected chi connectivity index (χ2v) is 4.92. The van der Waals surface area contributed by atoms with E-state index in [1.54, 1.807) is 18.3 Å². The quantitative estimate of drug-likeness (QED) is 0.842. The predicted octanol–water partition coefficient (Wildman–Crippen LogP) is 0.830. The zero-order valence-electron chi connectivity index (χ0n) is 11.0. The van der Waals surface area contributed by atoms with E-state index in [4.69, 9.17) is 5.73 Å². The topological polar surface area (TPSA) is 62.5 Å². The van der Waals surface area contributed by atoms with Crippen LogP contribution in [0.4, 0.5) is 5.82 Å². The molecule has 1 aliphatic rings. The van der Waals surface area contributed by atoms with Crippen LogP contribution in [0.5, 0.6) is 0 Å². The van der Waals surface area contributed by atoms with Crippen molar-refractivity contribution in [2.75, 3.05) is 32.9 Å². The number of carbonyl (C=O) groups excluding carboxylic acids is 1. The van der Waals surface area contributed by atoms with Crippen molar-refractivity contribution in [3.63, 3.8) is 0 Å². The van der Waals surface area contributed by atoms with Crippen LogP contribution in [0.1, 0.15) is 23.2 Å². The minimum atomic E-state index is 0.0265. The van der Waals surface area contributed by atoms with Crippen molar-refractivity contribution in [1.29, 1.82) is 0 Å². The molecule has 2 heterocycles. The number of nitrogens with zero attached hydrogens (tertiary/aromatic N) is 3. The Balaban J connectivity index is 2.04. The number of aromatic nitrogens is 1. The smallest absolute Gasteiger partial charge is 0.254 e. The van der Waals surface area contributed by atoms with Crippen LogP contribution in [0, 0.1) is 0 Å². The highest BCUT2D eigenvalue weighted by Crippen LogP contribution is 2.17. The number of rotatable bonds is 2. The van der Waals surface area contributed by atoms with Crippen LogP contribution in [0.25, 0.3) is 0 Å². The monoisotopic (exact) mass is 248 g/mol. The van der Waals surface area contributed by atoms with Crippen LogP contribution in [-0.2, 0) is 0 Å². The van der Waals surface area contributed by atoms with Crippen molar-refractivity contribution in [2.45, 2.75) is 18.9 Å². The minimum Gasteiger partial charge on any atom is -0.384 e. The number of likely N-dealkylation sites (tertiary alicyclic amines) is 1. The molecular weight excluding hydrogens is 228 g/mol. The number of nitrogen functional groups attached to an aromatic ring is 1. The van der Waals surface area contributed by atoms with Gasteiger partial charge < -0.3 is 15.5 Å². The molecule has 1 aromatic rings. The number of nitrogens with two attached hydrogens (primary N) is 1. The largest absolute Gasteiger partial charge is 0.384 e. The van der Waals surface area contributed by atoms with Crippen LogP contribution in [-0.4, -0.2) is 53.9 Å². The van der Waals surface area contributed by atoms with Crippen molar-refractivity contribution in [2.24, 2.45) is 0 Å². The van der Waals surface area contributed by atoms with Gasteiger partial charge in [0.25, 0.3) is 5.91 Å². The molecule has 1 fully saturated rings. The predicted molar refractivity (Wildman–Crippen MR) is 71.3 cm³/mol. The minimum absolute atomic E-state index is 0.0265. The standard InChI is InChI=1S/C13H20N4O/c1-16-7-4-11(5-8-16)17(2)13(18)10-3-6-15-12(14)9-10/h3,6,9,11H,4-5,7-8H2,1-2H3,(H2,14,15). The van der Waals surface area contributed by atoms with E-state index in [-0.39, 0.29) is 5.91 Å². The first-order chi connectivity index (χ1) is 8.58. The maximum Gasteiger partial charge on any atom is 0.254 e. The molecule has 5 heteroatoms. The third-order valence-corrected chi connectivity index (χ3v) is 3.58. The number of hydrogen-bond acceptors (Lipinski definition) is 4. The highest BCUT2D eigenvalue weighted by molar-refractivity contribution is 5.94. The van der Waals surface area contributed by atoms with Crippen molar-refractivity contribution < 1.29 is 4.79 Å². The number of pyridine rings is 1. The van der Waals surface area contributed by atoms with Gasteiger partial charge in [0.05, 0.1) is 0 Å². The van der Waals surface area contributed by atoms with E-state index in [2.05, 4.69) is 16.9 Å². The molecule has 0 saturated carbocycles. The van der Waals surface area contributed by atoms with Gasteiger partial charge in [-0.05, 0) is 45.1 Å².